The van der Waals surface area contributed by atoms with Crippen molar-refractivity contribution in [2.24, 2.45) is 0 Å². The van der Waals surface area contributed by atoms with E-state index in [-0.39, 0.29) is 17.9 Å². The summed E-state index contributed by atoms with van der Waals surface area (Å²) in [7, 11) is 0. The fraction of sp³-hybridized carbons (Fsp3) is 0.304. The molecule has 3 rings (SSSR count). The summed E-state index contributed by atoms with van der Waals surface area (Å²) in [6.07, 6.45) is 1.19. The summed E-state index contributed by atoms with van der Waals surface area (Å²) in [5.74, 6) is -0.894. The van der Waals surface area contributed by atoms with Crippen molar-refractivity contribution in [1.82, 2.24) is 4.90 Å². The Bertz CT molecular complexity index is 906. The van der Waals surface area contributed by atoms with Crippen LogP contribution >= 0.6 is 0 Å². The van der Waals surface area contributed by atoms with Gasteiger partial charge in [-0.25, -0.2) is 0 Å². The normalized spacial score (nSPS) is 18.3. The predicted molar refractivity (Wildman–Crippen MR) is 109 cm³/mol. The van der Waals surface area contributed by atoms with E-state index in [0.717, 1.165) is 0 Å². The van der Waals surface area contributed by atoms with Crippen LogP contribution in [-0.4, -0.2) is 46.6 Å². The molecule has 0 radical (unpaired) electrons. The molecule has 6 nitrogen and oxygen atoms in total. The standard InChI is InChI=1S/C23H25NO5/c1-2-12-24-20(17-10-6-11-18(15-17)29-14-7-13-25)19(22(27)23(24)28)21(26)16-8-4-3-5-9-16/h3-6,8-11,15,20,25-26H,2,7,12-14H2,1H3/b21-19-. The highest BCUT2D eigenvalue weighted by Gasteiger charge is 2.45. The van der Waals surface area contributed by atoms with E-state index in [0.29, 0.717) is 42.9 Å². The summed E-state index contributed by atoms with van der Waals surface area (Å²) in [5, 5.41) is 19.8. The zero-order valence-corrected chi connectivity index (χ0v) is 16.4. The monoisotopic (exact) mass is 395 g/mol. The Morgan fingerprint density at radius 3 is 2.55 bits per heavy atom. The fourth-order valence-electron chi connectivity index (χ4n) is 3.48. The number of carbonyl (C=O) groups is 2. The maximum atomic E-state index is 12.8. The summed E-state index contributed by atoms with van der Waals surface area (Å²) < 4.78 is 5.65. The van der Waals surface area contributed by atoms with Crippen LogP contribution in [0.1, 0.15) is 36.9 Å². The van der Waals surface area contributed by atoms with Gasteiger partial charge in [0, 0.05) is 25.1 Å². The van der Waals surface area contributed by atoms with Crippen molar-refractivity contribution in [3.05, 3.63) is 71.3 Å². The van der Waals surface area contributed by atoms with Crippen molar-refractivity contribution in [2.45, 2.75) is 25.8 Å². The first-order chi connectivity index (χ1) is 14.1. The Morgan fingerprint density at radius 2 is 1.86 bits per heavy atom. The molecule has 1 aliphatic heterocycles. The fourth-order valence-corrected chi connectivity index (χ4v) is 3.48. The molecule has 6 heteroatoms. The second kappa shape index (κ2) is 9.39. The van der Waals surface area contributed by atoms with E-state index in [4.69, 9.17) is 9.84 Å². The number of ether oxygens (including phenoxy) is 1. The van der Waals surface area contributed by atoms with Crippen molar-refractivity contribution in [1.29, 1.82) is 0 Å². The molecule has 152 valence electrons. The maximum absolute atomic E-state index is 12.8. The van der Waals surface area contributed by atoms with E-state index in [9.17, 15) is 14.7 Å². The van der Waals surface area contributed by atoms with Gasteiger partial charge in [-0.15, -0.1) is 0 Å². The van der Waals surface area contributed by atoms with Crippen molar-refractivity contribution < 1.29 is 24.5 Å². The van der Waals surface area contributed by atoms with Crippen LogP contribution in [0.25, 0.3) is 5.76 Å². The van der Waals surface area contributed by atoms with E-state index in [1.807, 2.05) is 19.1 Å². The molecule has 2 aromatic carbocycles. The molecule has 0 bridgehead atoms. The number of hydrogen-bond acceptors (Lipinski definition) is 5. The van der Waals surface area contributed by atoms with Gasteiger partial charge in [-0.1, -0.05) is 49.4 Å². The topological polar surface area (TPSA) is 87.1 Å². The Kier molecular flexibility index (Phi) is 6.67. The first-order valence-corrected chi connectivity index (χ1v) is 9.76. The molecule has 1 unspecified atom stereocenters. The maximum Gasteiger partial charge on any atom is 0.295 e. The molecule has 1 fully saturated rings. The van der Waals surface area contributed by atoms with Gasteiger partial charge in [0.2, 0.25) is 0 Å². The summed E-state index contributed by atoms with van der Waals surface area (Å²) in [5.41, 5.74) is 1.26. The number of ketones is 1. The predicted octanol–water partition coefficient (Wildman–Crippen LogP) is 3.28. The third kappa shape index (κ3) is 4.32. The van der Waals surface area contributed by atoms with Crippen LogP contribution in [0.15, 0.2) is 60.2 Å². The van der Waals surface area contributed by atoms with Crippen molar-refractivity contribution >= 4 is 17.4 Å². The van der Waals surface area contributed by atoms with E-state index in [1.54, 1.807) is 42.5 Å². The molecule has 29 heavy (non-hydrogen) atoms. The van der Waals surface area contributed by atoms with Gasteiger partial charge in [-0.2, -0.15) is 0 Å². The molecule has 2 aromatic rings. The van der Waals surface area contributed by atoms with Crippen molar-refractivity contribution in [3.8, 4) is 5.75 Å². The first kappa shape index (κ1) is 20.6. The van der Waals surface area contributed by atoms with Crippen LogP contribution in [-0.2, 0) is 9.59 Å². The van der Waals surface area contributed by atoms with Crippen LogP contribution in [0.3, 0.4) is 0 Å². The second-order valence-corrected chi connectivity index (χ2v) is 6.86. The average molecular weight is 395 g/mol. The molecule has 0 saturated carbocycles. The summed E-state index contributed by atoms with van der Waals surface area (Å²) in [4.78, 5) is 27.0. The number of Topliss-reactive ketones (excluding diaryl/α,β-unsaturated/α-hetero) is 1. The number of likely N-dealkylation sites (tertiary alicyclic amines) is 1. The van der Waals surface area contributed by atoms with Gasteiger partial charge in [0.05, 0.1) is 18.2 Å². The lowest BCUT2D eigenvalue weighted by Crippen LogP contribution is -2.30. The molecule has 0 aromatic heterocycles. The number of hydrogen-bond donors (Lipinski definition) is 2. The smallest absolute Gasteiger partial charge is 0.295 e. The lowest BCUT2D eigenvalue weighted by atomic mass is 9.95. The summed E-state index contributed by atoms with van der Waals surface area (Å²) >= 11 is 0. The molecular weight excluding hydrogens is 370 g/mol. The molecule has 0 spiro atoms. The molecule has 1 atom stereocenters. The first-order valence-electron chi connectivity index (χ1n) is 9.76. The molecule has 1 aliphatic rings. The van der Waals surface area contributed by atoms with Crippen LogP contribution in [0.4, 0.5) is 0 Å². The molecule has 1 amide bonds. The quantitative estimate of drug-likeness (QED) is 0.310. The minimum absolute atomic E-state index is 0.0351. The van der Waals surface area contributed by atoms with E-state index < -0.39 is 17.7 Å². The van der Waals surface area contributed by atoms with E-state index in [1.165, 1.54) is 4.90 Å². The Balaban J connectivity index is 2.07. The summed E-state index contributed by atoms with van der Waals surface area (Å²) in [6, 6.07) is 15.2. The number of nitrogens with zero attached hydrogens (tertiary/aromatic N) is 1. The minimum atomic E-state index is -0.684. The molecular formula is C23H25NO5. The highest BCUT2D eigenvalue weighted by molar-refractivity contribution is 6.46. The van der Waals surface area contributed by atoms with Crippen LogP contribution in [0, 0.1) is 0 Å². The third-order valence-electron chi connectivity index (χ3n) is 4.80. The van der Waals surface area contributed by atoms with Crippen LogP contribution < -0.4 is 4.74 Å². The SMILES string of the molecule is CCCN1C(=O)C(=O)/C(=C(\O)c2ccccc2)C1c1cccc(OCCCO)c1. The number of aliphatic hydroxyl groups excluding tert-OH is 2. The van der Waals surface area contributed by atoms with Gasteiger partial charge in [0.25, 0.3) is 11.7 Å². The average Bonchev–Trinajstić information content (AvgIpc) is 2.99. The van der Waals surface area contributed by atoms with Gasteiger partial charge >= 0.3 is 0 Å². The highest BCUT2D eigenvalue weighted by Crippen LogP contribution is 2.40. The number of carbonyl (C=O) groups excluding carboxylic acids is 2. The van der Waals surface area contributed by atoms with Gasteiger partial charge in [0.15, 0.2) is 0 Å². The summed E-state index contributed by atoms with van der Waals surface area (Å²) in [6.45, 7) is 2.73. The Labute approximate surface area is 170 Å². The van der Waals surface area contributed by atoms with Gasteiger partial charge < -0.3 is 19.8 Å². The van der Waals surface area contributed by atoms with E-state index in [2.05, 4.69) is 0 Å². The van der Waals surface area contributed by atoms with Crippen molar-refractivity contribution in [2.75, 3.05) is 19.8 Å². The third-order valence-corrected chi connectivity index (χ3v) is 4.80. The molecule has 1 heterocycles. The second-order valence-electron chi connectivity index (χ2n) is 6.86. The lowest BCUT2D eigenvalue weighted by molar-refractivity contribution is -0.139. The number of rotatable bonds is 8. The number of aliphatic hydroxyl groups is 2. The van der Waals surface area contributed by atoms with Crippen LogP contribution in [0.5, 0.6) is 5.75 Å². The number of benzene rings is 2. The van der Waals surface area contributed by atoms with Crippen molar-refractivity contribution in [3.63, 3.8) is 0 Å². The van der Waals surface area contributed by atoms with Gasteiger partial charge in [0.1, 0.15) is 11.5 Å². The Hall–Kier alpha value is -3.12. The van der Waals surface area contributed by atoms with E-state index >= 15 is 0 Å². The lowest BCUT2D eigenvalue weighted by Gasteiger charge is -2.25. The highest BCUT2D eigenvalue weighted by atomic mass is 16.5. The Morgan fingerprint density at radius 1 is 1.10 bits per heavy atom. The molecule has 2 N–H and O–H groups in total. The van der Waals surface area contributed by atoms with Crippen LogP contribution in [0.2, 0.25) is 0 Å². The van der Waals surface area contributed by atoms with Gasteiger partial charge in [-0.3, -0.25) is 9.59 Å². The largest absolute Gasteiger partial charge is 0.507 e. The number of amides is 1. The van der Waals surface area contributed by atoms with Gasteiger partial charge in [-0.05, 0) is 24.1 Å². The minimum Gasteiger partial charge on any atom is -0.507 e. The zero-order chi connectivity index (χ0) is 20.8. The molecule has 1 saturated heterocycles. The molecule has 0 aliphatic carbocycles. The zero-order valence-electron chi connectivity index (χ0n) is 16.4.